The van der Waals surface area contributed by atoms with Gasteiger partial charge in [-0.05, 0) is 35.3 Å². The summed E-state index contributed by atoms with van der Waals surface area (Å²) in [4.78, 5) is 0. The Morgan fingerprint density at radius 1 is 1.18 bits per heavy atom. The molecule has 0 aliphatic heterocycles. The predicted octanol–water partition coefficient (Wildman–Crippen LogP) is 5.40. The molecular formula is C16H25Cl. The second kappa shape index (κ2) is 6.44. The number of halogens is 1. The molecular weight excluding hydrogens is 228 g/mol. The van der Waals surface area contributed by atoms with Gasteiger partial charge in [-0.25, -0.2) is 0 Å². The second-order valence-corrected chi connectivity index (χ2v) is 6.03. The fraction of sp³-hybridized carbons (Fsp3) is 0.625. The standard InChI is InChI=1S/C16H25Cl/c1-5-10-16(4,12-17)11-14-6-8-15(9-7-14)13(2)3/h6-9,13H,5,10-12H2,1-4H3. The first-order valence-electron chi connectivity index (χ1n) is 6.65. The van der Waals surface area contributed by atoms with Gasteiger partial charge in [0.15, 0.2) is 0 Å². The zero-order valence-corrected chi connectivity index (χ0v) is 12.3. The first kappa shape index (κ1) is 14.6. The third-order valence-corrected chi connectivity index (χ3v) is 4.10. The molecule has 1 heteroatoms. The highest BCUT2D eigenvalue weighted by Gasteiger charge is 2.22. The van der Waals surface area contributed by atoms with Crippen LogP contribution in [0.15, 0.2) is 24.3 Å². The monoisotopic (exact) mass is 252 g/mol. The van der Waals surface area contributed by atoms with Crippen LogP contribution in [0.5, 0.6) is 0 Å². The molecule has 1 atom stereocenters. The van der Waals surface area contributed by atoms with E-state index < -0.39 is 0 Å². The highest BCUT2D eigenvalue weighted by molar-refractivity contribution is 6.18. The molecule has 1 unspecified atom stereocenters. The van der Waals surface area contributed by atoms with E-state index in [4.69, 9.17) is 11.6 Å². The summed E-state index contributed by atoms with van der Waals surface area (Å²) in [5.41, 5.74) is 3.07. The van der Waals surface area contributed by atoms with Gasteiger partial charge in [0.1, 0.15) is 0 Å². The van der Waals surface area contributed by atoms with Crippen molar-refractivity contribution in [3.05, 3.63) is 35.4 Å². The van der Waals surface area contributed by atoms with E-state index in [1.807, 2.05) is 0 Å². The van der Waals surface area contributed by atoms with Crippen molar-refractivity contribution in [2.75, 3.05) is 5.88 Å². The largest absolute Gasteiger partial charge is 0.126 e. The first-order valence-corrected chi connectivity index (χ1v) is 7.19. The molecule has 0 saturated carbocycles. The summed E-state index contributed by atoms with van der Waals surface area (Å²) in [6.07, 6.45) is 3.48. The topological polar surface area (TPSA) is 0 Å². The van der Waals surface area contributed by atoms with Crippen LogP contribution in [0.25, 0.3) is 0 Å². The van der Waals surface area contributed by atoms with Crippen molar-refractivity contribution in [2.24, 2.45) is 5.41 Å². The summed E-state index contributed by atoms with van der Waals surface area (Å²) in [7, 11) is 0. The van der Waals surface area contributed by atoms with E-state index in [1.54, 1.807) is 0 Å². The van der Waals surface area contributed by atoms with Gasteiger partial charge in [0.05, 0.1) is 0 Å². The Labute approximate surface area is 111 Å². The molecule has 1 aromatic carbocycles. The molecule has 0 radical (unpaired) electrons. The minimum absolute atomic E-state index is 0.246. The molecule has 0 amide bonds. The van der Waals surface area contributed by atoms with Gasteiger partial charge in [-0.3, -0.25) is 0 Å². The smallest absolute Gasteiger partial charge is 0.0280 e. The lowest BCUT2D eigenvalue weighted by Gasteiger charge is -2.27. The Morgan fingerprint density at radius 3 is 2.18 bits per heavy atom. The van der Waals surface area contributed by atoms with Gasteiger partial charge in [-0.2, -0.15) is 0 Å². The number of rotatable bonds is 6. The molecule has 17 heavy (non-hydrogen) atoms. The molecule has 0 aliphatic carbocycles. The van der Waals surface area contributed by atoms with E-state index in [9.17, 15) is 0 Å². The van der Waals surface area contributed by atoms with Crippen molar-refractivity contribution in [3.63, 3.8) is 0 Å². The van der Waals surface area contributed by atoms with Gasteiger partial charge >= 0.3 is 0 Å². The summed E-state index contributed by atoms with van der Waals surface area (Å²) < 4.78 is 0. The Balaban J connectivity index is 2.73. The zero-order valence-electron chi connectivity index (χ0n) is 11.6. The van der Waals surface area contributed by atoms with E-state index in [1.165, 1.54) is 24.0 Å². The average molecular weight is 253 g/mol. The Bertz CT molecular complexity index is 326. The second-order valence-electron chi connectivity index (χ2n) is 5.77. The number of benzene rings is 1. The molecule has 1 aromatic rings. The van der Waals surface area contributed by atoms with Crippen molar-refractivity contribution in [1.29, 1.82) is 0 Å². The summed E-state index contributed by atoms with van der Waals surface area (Å²) in [6, 6.07) is 9.02. The van der Waals surface area contributed by atoms with Crippen LogP contribution in [0, 0.1) is 5.41 Å². The summed E-state index contributed by atoms with van der Waals surface area (Å²) in [5, 5.41) is 0. The molecule has 0 fully saturated rings. The van der Waals surface area contributed by atoms with Crippen molar-refractivity contribution in [1.82, 2.24) is 0 Å². The molecule has 0 aliphatic rings. The van der Waals surface area contributed by atoms with Gasteiger partial charge < -0.3 is 0 Å². The lowest BCUT2D eigenvalue weighted by atomic mass is 9.81. The number of alkyl halides is 1. The van der Waals surface area contributed by atoms with Crippen molar-refractivity contribution in [2.45, 2.75) is 52.9 Å². The summed E-state index contributed by atoms with van der Waals surface area (Å²) >= 11 is 6.12. The van der Waals surface area contributed by atoms with Gasteiger partial charge in [-0.1, -0.05) is 58.4 Å². The average Bonchev–Trinajstić information content (AvgIpc) is 2.30. The Morgan fingerprint density at radius 2 is 1.76 bits per heavy atom. The van der Waals surface area contributed by atoms with Crippen LogP contribution in [0.3, 0.4) is 0 Å². The molecule has 0 nitrogen and oxygen atoms in total. The van der Waals surface area contributed by atoms with Gasteiger partial charge in [0.2, 0.25) is 0 Å². The van der Waals surface area contributed by atoms with Crippen molar-refractivity contribution >= 4 is 11.6 Å². The Kier molecular flexibility index (Phi) is 5.52. The lowest BCUT2D eigenvalue weighted by Crippen LogP contribution is -2.21. The van der Waals surface area contributed by atoms with Crippen molar-refractivity contribution in [3.8, 4) is 0 Å². The molecule has 0 N–H and O–H groups in total. The molecule has 0 heterocycles. The maximum atomic E-state index is 6.12. The quantitative estimate of drug-likeness (QED) is 0.595. The van der Waals surface area contributed by atoms with E-state index >= 15 is 0 Å². The van der Waals surface area contributed by atoms with Crippen LogP contribution in [-0.2, 0) is 6.42 Å². The maximum absolute atomic E-state index is 6.12. The molecule has 0 saturated heterocycles. The first-order chi connectivity index (χ1) is 8.00. The molecule has 0 aromatic heterocycles. The van der Waals surface area contributed by atoms with Crippen LogP contribution in [0.4, 0.5) is 0 Å². The van der Waals surface area contributed by atoms with E-state index in [2.05, 4.69) is 52.0 Å². The van der Waals surface area contributed by atoms with E-state index in [-0.39, 0.29) is 5.41 Å². The summed E-state index contributed by atoms with van der Waals surface area (Å²) in [5.74, 6) is 1.35. The third kappa shape index (κ3) is 4.35. The minimum Gasteiger partial charge on any atom is -0.126 e. The summed E-state index contributed by atoms with van der Waals surface area (Å²) in [6.45, 7) is 8.98. The molecule has 0 spiro atoms. The molecule has 0 bridgehead atoms. The van der Waals surface area contributed by atoms with Gasteiger partial charge in [0.25, 0.3) is 0 Å². The van der Waals surface area contributed by atoms with E-state index in [0.717, 1.165) is 12.3 Å². The van der Waals surface area contributed by atoms with Crippen LogP contribution < -0.4 is 0 Å². The number of hydrogen-bond acceptors (Lipinski definition) is 0. The van der Waals surface area contributed by atoms with E-state index in [0.29, 0.717) is 5.92 Å². The maximum Gasteiger partial charge on any atom is 0.0280 e. The predicted molar refractivity (Wildman–Crippen MR) is 78.0 cm³/mol. The Hall–Kier alpha value is -0.490. The van der Waals surface area contributed by atoms with Crippen LogP contribution >= 0.6 is 11.6 Å². The molecule has 1 rings (SSSR count). The minimum atomic E-state index is 0.246. The van der Waals surface area contributed by atoms with Crippen LogP contribution in [-0.4, -0.2) is 5.88 Å². The van der Waals surface area contributed by atoms with Crippen LogP contribution in [0.2, 0.25) is 0 Å². The molecule has 96 valence electrons. The SMILES string of the molecule is CCCC(C)(CCl)Cc1ccc(C(C)C)cc1. The zero-order chi connectivity index (χ0) is 12.9. The third-order valence-electron chi connectivity index (χ3n) is 3.45. The fourth-order valence-electron chi connectivity index (χ4n) is 2.32. The highest BCUT2D eigenvalue weighted by Crippen LogP contribution is 2.30. The van der Waals surface area contributed by atoms with Crippen LogP contribution in [0.1, 0.15) is 57.6 Å². The number of hydrogen-bond donors (Lipinski definition) is 0. The lowest BCUT2D eigenvalue weighted by molar-refractivity contribution is 0.335. The van der Waals surface area contributed by atoms with Gasteiger partial charge in [-0.15, -0.1) is 11.6 Å². The highest BCUT2D eigenvalue weighted by atomic mass is 35.5. The van der Waals surface area contributed by atoms with Crippen molar-refractivity contribution < 1.29 is 0 Å². The van der Waals surface area contributed by atoms with Gasteiger partial charge in [0, 0.05) is 5.88 Å². The normalized spacial score (nSPS) is 14.9. The fourth-order valence-corrected chi connectivity index (χ4v) is 2.55.